The number of carboxylic acids is 1. The lowest BCUT2D eigenvalue weighted by atomic mass is 10.2. The van der Waals surface area contributed by atoms with Crippen LogP contribution in [0.1, 0.15) is 20.8 Å². The van der Waals surface area contributed by atoms with Gasteiger partial charge >= 0.3 is 5.97 Å². The van der Waals surface area contributed by atoms with Crippen LogP contribution in [0.5, 0.6) is 0 Å². The zero-order chi connectivity index (χ0) is 16.1. The van der Waals surface area contributed by atoms with E-state index in [1.54, 1.807) is 35.7 Å². The fraction of sp³-hybridized carbons (Fsp3) is 0. The Morgan fingerprint density at radius 2 is 1.77 bits per heavy atom. The highest BCUT2D eigenvalue weighted by molar-refractivity contribution is 7.17. The molecular weight excluding hydrogens is 304 g/mol. The number of primary amides is 1. The van der Waals surface area contributed by atoms with Crippen LogP contribution in [0.2, 0.25) is 0 Å². The maximum Gasteiger partial charge on any atom is 0.356 e. The number of aromatic carboxylic acids is 1. The van der Waals surface area contributed by atoms with Gasteiger partial charge in [0.05, 0.1) is 10.2 Å². The molecule has 0 spiro atoms. The van der Waals surface area contributed by atoms with Gasteiger partial charge in [0.2, 0.25) is 5.91 Å². The molecule has 0 aliphatic carbocycles. The van der Waals surface area contributed by atoms with Crippen molar-refractivity contribution in [1.82, 2.24) is 9.97 Å². The highest BCUT2D eigenvalue weighted by atomic mass is 32.1. The Labute approximate surface area is 129 Å². The maximum atomic E-state index is 10.6. The fourth-order valence-electron chi connectivity index (χ4n) is 1.59. The fourth-order valence-corrected chi connectivity index (χ4v) is 2.41. The molecule has 0 aliphatic rings. The van der Waals surface area contributed by atoms with Crippen LogP contribution in [0.15, 0.2) is 42.0 Å². The van der Waals surface area contributed by atoms with Crippen molar-refractivity contribution in [3.8, 4) is 0 Å². The summed E-state index contributed by atoms with van der Waals surface area (Å²) in [5.41, 5.74) is 12.2. The first-order valence-corrected chi connectivity index (χ1v) is 6.94. The van der Waals surface area contributed by atoms with Crippen LogP contribution in [0, 0.1) is 0 Å². The van der Waals surface area contributed by atoms with Crippen molar-refractivity contribution < 1.29 is 14.7 Å². The Morgan fingerprint density at radius 1 is 1.09 bits per heavy atom. The molecule has 1 amide bonds. The van der Waals surface area contributed by atoms with E-state index in [4.69, 9.17) is 16.6 Å². The van der Waals surface area contributed by atoms with E-state index in [1.807, 2.05) is 0 Å². The second-order valence-corrected chi connectivity index (χ2v) is 5.06. The third kappa shape index (κ3) is 3.55. The average Bonchev–Trinajstić information content (AvgIpc) is 2.96. The summed E-state index contributed by atoms with van der Waals surface area (Å²) in [7, 11) is 0. The van der Waals surface area contributed by atoms with Gasteiger partial charge in [-0.05, 0) is 35.7 Å². The Hall–Kier alpha value is -3.00. The maximum absolute atomic E-state index is 10.6. The van der Waals surface area contributed by atoms with E-state index in [0.29, 0.717) is 21.5 Å². The highest BCUT2D eigenvalue weighted by Crippen LogP contribution is 2.20. The zero-order valence-corrected chi connectivity index (χ0v) is 12.1. The molecule has 0 fully saturated rings. The third-order valence-corrected chi connectivity index (χ3v) is 3.55. The van der Waals surface area contributed by atoms with E-state index in [1.165, 1.54) is 17.7 Å². The number of carbonyl (C=O) groups is 2. The molecule has 2 heterocycles. The number of thiophene rings is 1. The minimum Gasteiger partial charge on any atom is -0.476 e. The van der Waals surface area contributed by atoms with Crippen molar-refractivity contribution in [2.24, 2.45) is 5.73 Å². The Bertz CT molecular complexity index is 814. The Kier molecular flexibility index (Phi) is 4.64. The van der Waals surface area contributed by atoms with E-state index in [2.05, 4.69) is 9.97 Å². The lowest BCUT2D eigenvalue weighted by molar-refractivity contribution is 0.0692. The molecule has 1 aromatic carbocycles. The summed E-state index contributed by atoms with van der Waals surface area (Å²) >= 11 is 1.34. The van der Waals surface area contributed by atoms with Crippen LogP contribution in [0.25, 0.3) is 10.2 Å². The summed E-state index contributed by atoms with van der Waals surface area (Å²) < 4.78 is 0.630. The van der Waals surface area contributed by atoms with E-state index < -0.39 is 11.9 Å². The molecule has 0 aliphatic heterocycles. The van der Waals surface area contributed by atoms with Crippen LogP contribution in [-0.2, 0) is 0 Å². The molecule has 3 aromatic rings. The Balaban J connectivity index is 0.000000164. The number of amides is 1. The van der Waals surface area contributed by atoms with Gasteiger partial charge in [0.15, 0.2) is 5.69 Å². The smallest absolute Gasteiger partial charge is 0.356 e. The second kappa shape index (κ2) is 6.64. The molecule has 3 rings (SSSR count). The summed E-state index contributed by atoms with van der Waals surface area (Å²) in [5.74, 6) is -1.44. The zero-order valence-electron chi connectivity index (χ0n) is 11.3. The van der Waals surface area contributed by atoms with E-state index in [-0.39, 0.29) is 5.69 Å². The standard InChI is InChI=1S/C7H4N2O2S.C7H8N2O/c10-7(11)5-6-4(1-2-12-6)8-3-9-5;8-6-3-1-5(2-4-6)7(9)10/h1-3H,(H,10,11);1-4H,8H2,(H2,9,10). The van der Waals surface area contributed by atoms with Crippen LogP contribution < -0.4 is 11.5 Å². The van der Waals surface area contributed by atoms with Crippen molar-refractivity contribution in [1.29, 1.82) is 0 Å². The molecule has 0 radical (unpaired) electrons. The number of aromatic nitrogens is 2. The molecule has 2 aromatic heterocycles. The predicted octanol–water partition coefficient (Wildman–Crippen LogP) is 1.76. The lowest BCUT2D eigenvalue weighted by Gasteiger charge is -1.93. The van der Waals surface area contributed by atoms with Crippen molar-refractivity contribution in [2.45, 2.75) is 0 Å². The molecule has 22 heavy (non-hydrogen) atoms. The summed E-state index contributed by atoms with van der Waals surface area (Å²) in [5, 5.41) is 10.5. The van der Waals surface area contributed by atoms with Crippen molar-refractivity contribution in [3.05, 3.63) is 53.3 Å². The molecule has 5 N–H and O–H groups in total. The molecular formula is C14H12N4O3S. The van der Waals surface area contributed by atoms with Gasteiger partial charge in [-0.1, -0.05) is 0 Å². The third-order valence-electron chi connectivity index (χ3n) is 2.64. The molecule has 0 saturated carbocycles. The van der Waals surface area contributed by atoms with E-state index in [0.717, 1.165) is 0 Å². The van der Waals surface area contributed by atoms with Gasteiger partial charge in [-0.2, -0.15) is 0 Å². The van der Waals surface area contributed by atoms with Crippen molar-refractivity contribution in [2.75, 3.05) is 5.73 Å². The monoisotopic (exact) mass is 316 g/mol. The number of carboxylic acid groups (broad SMARTS) is 1. The van der Waals surface area contributed by atoms with E-state index >= 15 is 0 Å². The van der Waals surface area contributed by atoms with Crippen molar-refractivity contribution in [3.63, 3.8) is 0 Å². The van der Waals surface area contributed by atoms with E-state index in [9.17, 15) is 9.59 Å². The van der Waals surface area contributed by atoms with Crippen LogP contribution in [0.3, 0.4) is 0 Å². The molecule has 0 unspecified atom stereocenters. The first kappa shape index (κ1) is 15.4. The lowest BCUT2D eigenvalue weighted by Crippen LogP contribution is -2.10. The number of hydrogen-bond acceptors (Lipinski definition) is 6. The molecule has 0 bridgehead atoms. The van der Waals surface area contributed by atoms with Gasteiger partial charge in [0.1, 0.15) is 6.33 Å². The summed E-state index contributed by atoms with van der Waals surface area (Å²) in [6.45, 7) is 0. The topological polar surface area (TPSA) is 132 Å². The van der Waals surface area contributed by atoms with Crippen LogP contribution in [-0.4, -0.2) is 27.0 Å². The van der Waals surface area contributed by atoms with Gasteiger partial charge in [-0.3, -0.25) is 4.79 Å². The Morgan fingerprint density at radius 3 is 2.36 bits per heavy atom. The van der Waals surface area contributed by atoms with Gasteiger partial charge in [-0.25, -0.2) is 14.8 Å². The van der Waals surface area contributed by atoms with Gasteiger partial charge in [0, 0.05) is 11.3 Å². The number of fused-ring (bicyclic) bond motifs is 1. The number of hydrogen-bond donors (Lipinski definition) is 3. The SMILES string of the molecule is NC(=O)c1ccc(N)cc1.O=C(O)c1ncnc2ccsc12. The highest BCUT2D eigenvalue weighted by Gasteiger charge is 2.10. The normalized spacial score (nSPS) is 9.82. The van der Waals surface area contributed by atoms with Gasteiger partial charge in [0.25, 0.3) is 0 Å². The second-order valence-electron chi connectivity index (χ2n) is 4.15. The number of benzene rings is 1. The van der Waals surface area contributed by atoms with Crippen molar-refractivity contribution >= 4 is 39.1 Å². The summed E-state index contributed by atoms with van der Waals surface area (Å²) in [4.78, 5) is 28.7. The average molecular weight is 316 g/mol. The molecule has 112 valence electrons. The number of nitrogen functional groups attached to an aromatic ring is 1. The van der Waals surface area contributed by atoms with Crippen LogP contribution >= 0.6 is 11.3 Å². The molecule has 8 heteroatoms. The summed E-state index contributed by atoms with van der Waals surface area (Å²) in [6, 6.07) is 8.24. The van der Waals surface area contributed by atoms with Gasteiger partial charge < -0.3 is 16.6 Å². The molecule has 0 saturated heterocycles. The molecule has 7 nitrogen and oxygen atoms in total. The number of carbonyl (C=O) groups excluding carboxylic acids is 1. The first-order valence-electron chi connectivity index (χ1n) is 6.06. The minimum absolute atomic E-state index is 0.0787. The number of nitrogens with zero attached hydrogens (tertiary/aromatic N) is 2. The van der Waals surface area contributed by atoms with Gasteiger partial charge in [-0.15, -0.1) is 11.3 Å². The van der Waals surface area contributed by atoms with Crippen LogP contribution in [0.4, 0.5) is 5.69 Å². The summed E-state index contributed by atoms with van der Waals surface area (Å²) in [6.07, 6.45) is 1.26. The largest absolute Gasteiger partial charge is 0.476 e. The first-order chi connectivity index (χ1) is 10.5. The predicted molar refractivity (Wildman–Crippen MR) is 83.7 cm³/mol. The molecule has 0 atom stereocenters. The number of rotatable bonds is 2. The quantitative estimate of drug-likeness (QED) is 0.617. The number of nitrogens with two attached hydrogens (primary N) is 2. The number of anilines is 1. The minimum atomic E-state index is -1.01.